The minimum atomic E-state index is 0.0882. The lowest BCUT2D eigenvalue weighted by molar-refractivity contribution is -0.129. The summed E-state index contributed by atoms with van der Waals surface area (Å²) in [6.07, 6.45) is 1.19. The molecule has 0 fully saturated rings. The van der Waals surface area contributed by atoms with Gasteiger partial charge in [0, 0.05) is 26.6 Å². The first-order chi connectivity index (χ1) is 8.99. The van der Waals surface area contributed by atoms with Crippen molar-refractivity contribution in [2.45, 2.75) is 26.7 Å². The second kappa shape index (κ2) is 7.14. The summed E-state index contributed by atoms with van der Waals surface area (Å²) in [5, 5.41) is 0. The number of amides is 1. The molecular formula is C15H24N2O2. The van der Waals surface area contributed by atoms with E-state index in [0.29, 0.717) is 19.5 Å². The molecule has 2 N–H and O–H groups in total. The zero-order valence-corrected chi connectivity index (χ0v) is 12.3. The van der Waals surface area contributed by atoms with E-state index >= 15 is 0 Å². The van der Waals surface area contributed by atoms with Gasteiger partial charge in [-0.2, -0.15) is 0 Å². The fourth-order valence-electron chi connectivity index (χ4n) is 1.96. The van der Waals surface area contributed by atoms with Crippen LogP contribution in [0.2, 0.25) is 0 Å². The lowest BCUT2D eigenvalue weighted by atomic mass is 10.0. The molecule has 0 aliphatic heterocycles. The number of aryl methyl sites for hydroxylation is 2. The monoisotopic (exact) mass is 264 g/mol. The maximum absolute atomic E-state index is 11.7. The van der Waals surface area contributed by atoms with Crippen molar-refractivity contribution in [2.24, 2.45) is 5.73 Å². The molecule has 1 rings (SSSR count). The maximum Gasteiger partial charge on any atom is 0.223 e. The Labute approximate surface area is 115 Å². The Morgan fingerprint density at radius 2 is 1.95 bits per heavy atom. The molecule has 0 aliphatic rings. The highest BCUT2D eigenvalue weighted by molar-refractivity contribution is 5.76. The third-order valence-electron chi connectivity index (χ3n) is 3.40. The van der Waals surface area contributed by atoms with Crippen LogP contribution in [0.5, 0.6) is 5.75 Å². The number of hydrogen-bond donors (Lipinski definition) is 1. The Hall–Kier alpha value is -1.55. The quantitative estimate of drug-likeness (QED) is 0.850. The molecule has 1 aromatic rings. The van der Waals surface area contributed by atoms with Crippen LogP contribution in [0.3, 0.4) is 0 Å². The second-order valence-electron chi connectivity index (χ2n) is 4.85. The van der Waals surface area contributed by atoms with Crippen molar-refractivity contribution in [3.63, 3.8) is 0 Å². The molecule has 1 aromatic carbocycles. The van der Waals surface area contributed by atoms with Gasteiger partial charge in [-0.15, -0.1) is 0 Å². The molecule has 1 amide bonds. The highest BCUT2D eigenvalue weighted by Gasteiger charge is 2.10. The fraction of sp³-hybridized carbons (Fsp3) is 0.533. The number of nitrogens with two attached hydrogens (primary N) is 1. The van der Waals surface area contributed by atoms with Gasteiger partial charge in [-0.25, -0.2) is 0 Å². The summed E-state index contributed by atoms with van der Waals surface area (Å²) in [6, 6.07) is 4.18. The van der Waals surface area contributed by atoms with Crippen LogP contribution in [0.1, 0.15) is 23.1 Å². The molecule has 0 spiro atoms. The Bertz CT molecular complexity index is 444. The minimum Gasteiger partial charge on any atom is -0.496 e. The summed E-state index contributed by atoms with van der Waals surface area (Å²) in [5.41, 5.74) is 8.98. The van der Waals surface area contributed by atoms with E-state index in [1.807, 2.05) is 13.1 Å². The Morgan fingerprint density at radius 1 is 1.32 bits per heavy atom. The van der Waals surface area contributed by atoms with Crippen LogP contribution in [0.15, 0.2) is 12.1 Å². The molecule has 0 aromatic heterocycles. The highest BCUT2D eigenvalue weighted by Crippen LogP contribution is 2.23. The van der Waals surface area contributed by atoms with Gasteiger partial charge in [-0.05, 0) is 43.0 Å². The van der Waals surface area contributed by atoms with Crippen molar-refractivity contribution in [1.29, 1.82) is 0 Å². The standard InChI is InChI=1S/C15H24N2O2/c1-11-9-13(14(19-4)10-12(11)2)6-8-17(3)15(18)5-7-16/h9-10H,5-8,16H2,1-4H3. The van der Waals surface area contributed by atoms with Crippen LogP contribution in [0, 0.1) is 13.8 Å². The molecule has 0 aliphatic carbocycles. The summed E-state index contributed by atoms with van der Waals surface area (Å²) in [5.74, 6) is 0.980. The number of hydrogen-bond acceptors (Lipinski definition) is 3. The number of carbonyl (C=O) groups is 1. The summed E-state index contributed by atoms with van der Waals surface area (Å²) >= 11 is 0. The van der Waals surface area contributed by atoms with Crippen molar-refractivity contribution < 1.29 is 9.53 Å². The predicted octanol–water partition coefficient (Wildman–Crippen LogP) is 1.66. The van der Waals surface area contributed by atoms with Gasteiger partial charge in [0.25, 0.3) is 0 Å². The molecule has 4 nitrogen and oxygen atoms in total. The first-order valence-electron chi connectivity index (χ1n) is 6.57. The van der Waals surface area contributed by atoms with Crippen molar-refractivity contribution in [2.75, 3.05) is 27.2 Å². The fourth-order valence-corrected chi connectivity index (χ4v) is 1.96. The molecule has 0 heterocycles. The van der Waals surface area contributed by atoms with E-state index in [1.165, 1.54) is 11.1 Å². The maximum atomic E-state index is 11.7. The van der Waals surface area contributed by atoms with Gasteiger partial charge in [0.1, 0.15) is 5.75 Å². The Morgan fingerprint density at radius 3 is 2.53 bits per heavy atom. The van der Waals surface area contributed by atoms with E-state index in [1.54, 1.807) is 12.0 Å². The van der Waals surface area contributed by atoms with Gasteiger partial charge in [0.2, 0.25) is 5.91 Å². The van der Waals surface area contributed by atoms with Crippen LogP contribution in [0.4, 0.5) is 0 Å². The molecule has 19 heavy (non-hydrogen) atoms. The summed E-state index contributed by atoms with van der Waals surface area (Å²) in [7, 11) is 3.49. The average Bonchev–Trinajstić information content (AvgIpc) is 2.39. The number of carbonyl (C=O) groups excluding carboxylic acids is 1. The molecule has 0 atom stereocenters. The highest BCUT2D eigenvalue weighted by atomic mass is 16.5. The topological polar surface area (TPSA) is 55.6 Å². The third kappa shape index (κ3) is 4.24. The van der Waals surface area contributed by atoms with E-state index in [9.17, 15) is 4.79 Å². The van der Waals surface area contributed by atoms with Crippen molar-refractivity contribution >= 4 is 5.91 Å². The van der Waals surface area contributed by atoms with Gasteiger partial charge < -0.3 is 15.4 Å². The minimum absolute atomic E-state index is 0.0882. The van der Waals surface area contributed by atoms with E-state index in [2.05, 4.69) is 19.9 Å². The van der Waals surface area contributed by atoms with Crippen LogP contribution in [0.25, 0.3) is 0 Å². The number of methoxy groups -OCH3 is 1. The Balaban J connectivity index is 2.72. The number of nitrogens with zero attached hydrogens (tertiary/aromatic N) is 1. The third-order valence-corrected chi connectivity index (χ3v) is 3.40. The SMILES string of the molecule is COc1cc(C)c(C)cc1CCN(C)C(=O)CCN. The van der Waals surface area contributed by atoms with Gasteiger partial charge in [-0.3, -0.25) is 4.79 Å². The smallest absolute Gasteiger partial charge is 0.223 e. The normalized spacial score (nSPS) is 10.4. The number of ether oxygens (including phenoxy) is 1. The van der Waals surface area contributed by atoms with Crippen LogP contribution in [-0.2, 0) is 11.2 Å². The van der Waals surface area contributed by atoms with Crippen molar-refractivity contribution in [3.8, 4) is 5.75 Å². The molecule has 0 saturated heterocycles. The van der Waals surface area contributed by atoms with E-state index < -0.39 is 0 Å². The van der Waals surface area contributed by atoms with Gasteiger partial charge >= 0.3 is 0 Å². The molecule has 0 saturated carbocycles. The Kier molecular flexibility index (Phi) is 5.83. The number of likely N-dealkylation sites (N-methyl/N-ethyl adjacent to an activating group) is 1. The number of rotatable bonds is 6. The first kappa shape index (κ1) is 15.5. The summed E-state index contributed by atoms with van der Waals surface area (Å²) in [6.45, 7) is 5.23. The van der Waals surface area contributed by atoms with E-state index in [4.69, 9.17) is 10.5 Å². The lowest BCUT2D eigenvalue weighted by Crippen LogP contribution is -2.30. The van der Waals surface area contributed by atoms with Crippen molar-refractivity contribution in [3.05, 3.63) is 28.8 Å². The van der Waals surface area contributed by atoms with Crippen LogP contribution < -0.4 is 10.5 Å². The molecule has 0 radical (unpaired) electrons. The predicted molar refractivity (Wildman–Crippen MR) is 77.5 cm³/mol. The molecule has 0 unspecified atom stereocenters. The molecule has 0 bridgehead atoms. The van der Waals surface area contributed by atoms with E-state index in [0.717, 1.165) is 17.7 Å². The molecule has 4 heteroatoms. The van der Waals surface area contributed by atoms with Gasteiger partial charge in [-0.1, -0.05) is 6.07 Å². The lowest BCUT2D eigenvalue weighted by Gasteiger charge is -2.18. The molecular weight excluding hydrogens is 240 g/mol. The van der Waals surface area contributed by atoms with Crippen molar-refractivity contribution in [1.82, 2.24) is 4.90 Å². The van der Waals surface area contributed by atoms with E-state index in [-0.39, 0.29) is 5.91 Å². The summed E-state index contributed by atoms with van der Waals surface area (Å²) in [4.78, 5) is 13.4. The first-order valence-corrected chi connectivity index (χ1v) is 6.57. The van der Waals surface area contributed by atoms with Crippen LogP contribution in [-0.4, -0.2) is 38.1 Å². The van der Waals surface area contributed by atoms with Gasteiger partial charge in [0.05, 0.1) is 7.11 Å². The average molecular weight is 264 g/mol. The van der Waals surface area contributed by atoms with Gasteiger partial charge in [0.15, 0.2) is 0 Å². The van der Waals surface area contributed by atoms with Crippen LogP contribution >= 0.6 is 0 Å². The summed E-state index contributed by atoms with van der Waals surface area (Å²) < 4.78 is 5.40. The number of benzene rings is 1. The largest absolute Gasteiger partial charge is 0.496 e. The molecule has 106 valence electrons. The zero-order valence-electron chi connectivity index (χ0n) is 12.3. The second-order valence-corrected chi connectivity index (χ2v) is 4.85. The zero-order chi connectivity index (χ0) is 14.4.